The van der Waals surface area contributed by atoms with Gasteiger partial charge < -0.3 is 0 Å². The minimum atomic E-state index is -0.0338. The molecule has 2 heteroatoms. The Balaban J connectivity index is 2.05. The van der Waals surface area contributed by atoms with Crippen LogP contribution in [0.4, 0.5) is 0 Å². The lowest BCUT2D eigenvalue weighted by Crippen LogP contribution is -2.24. The highest BCUT2D eigenvalue weighted by molar-refractivity contribution is 6.03. The predicted octanol–water partition coefficient (Wildman–Crippen LogP) is 3.95. The molecule has 0 saturated heterocycles. The number of pyridine rings is 1. The van der Waals surface area contributed by atoms with Crippen LogP contribution in [0.15, 0.2) is 48.8 Å². The number of nitrogens with zero attached hydrogens (tertiary/aromatic N) is 1. The van der Waals surface area contributed by atoms with Crippen molar-refractivity contribution in [3.63, 3.8) is 0 Å². The van der Waals surface area contributed by atoms with Crippen molar-refractivity contribution >= 4 is 5.78 Å². The average molecular weight is 251 g/mol. The summed E-state index contributed by atoms with van der Waals surface area (Å²) in [5.74, 6) is 0.681. The first kappa shape index (κ1) is 12.1. The lowest BCUT2D eigenvalue weighted by molar-refractivity contribution is 0.0938. The van der Waals surface area contributed by atoms with Gasteiger partial charge in [-0.25, -0.2) is 0 Å². The number of carbonyl (C=O) groups excluding carboxylic acids is 1. The molecular formula is C17H17NO. The maximum Gasteiger partial charge on any atom is 0.170 e. The zero-order valence-electron chi connectivity index (χ0n) is 11.0. The van der Waals surface area contributed by atoms with E-state index < -0.39 is 0 Å². The van der Waals surface area contributed by atoms with Gasteiger partial charge in [0.05, 0.1) is 0 Å². The molecule has 1 aliphatic rings. The van der Waals surface area contributed by atoms with E-state index in [2.05, 4.69) is 18.0 Å². The molecule has 1 aromatic carbocycles. The Morgan fingerprint density at radius 1 is 1.21 bits per heavy atom. The van der Waals surface area contributed by atoms with Gasteiger partial charge in [0, 0.05) is 23.9 Å². The Hall–Kier alpha value is -1.96. The number of ketones is 1. The first-order valence-electron chi connectivity index (χ1n) is 6.84. The molecule has 0 aliphatic heterocycles. The summed E-state index contributed by atoms with van der Waals surface area (Å²) in [6.07, 6.45) is 5.55. The summed E-state index contributed by atoms with van der Waals surface area (Å²) in [5, 5.41) is 0. The number of rotatable bonds is 2. The van der Waals surface area contributed by atoms with Gasteiger partial charge in [-0.15, -0.1) is 0 Å². The van der Waals surface area contributed by atoms with Gasteiger partial charge >= 0.3 is 0 Å². The molecule has 0 fully saturated rings. The highest BCUT2D eigenvalue weighted by Gasteiger charge is 2.33. The average Bonchev–Trinajstić information content (AvgIpc) is 2.49. The normalized spacial score (nSPS) is 22.1. The molecule has 0 bridgehead atoms. The van der Waals surface area contributed by atoms with Crippen LogP contribution in [0, 0.1) is 0 Å². The molecule has 2 atom stereocenters. The molecule has 1 aliphatic carbocycles. The summed E-state index contributed by atoms with van der Waals surface area (Å²) in [5.41, 5.74) is 3.16. The lowest BCUT2D eigenvalue weighted by Gasteiger charge is -2.30. The summed E-state index contributed by atoms with van der Waals surface area (Å²) in [6.45, 7) is 2.19. The van der Waals surface area contributed by atoms with Gasteiger partial charge in [-0.2, -0.15) is 0 Å². The third-order valence-corrected chi connectivity index (χ3v) is 4.08. The van der Waals surface area contributed by atoms with Crippen molar-refractivity contribution in [2.24, 2.45) is 0 Å². The lowest BCUT2D eigenvalue weighted by atomic mass is 9.73. The molecule has 1 aromatic heterocycles. The highest BCUT2D eigenvalue weighted by Crippen LogP contribution is 2.40. The molecule has 19 heavy (non-hydrogen) atoms. The minimum absolute atomic E-state index is 0.0338. The van der Waals surface area contributed by atoms with Crippen molar-refractivity contribution in [1.82, 2.24) is 4.98 Å². The van der Waals surface area contributed by atoms with Crippen molar-refractivity contribution < 1.29 is 4.79 Å². The van der Waals surface area contributed by atoms with Gasteiger partial charge in [0.25, 0.3) is 0 Å². The first-order valence-corrected chi connectivity index (χ1v) is 6.84. The maximum absolute atomic E-state index is 12.7. The molecule has 96 valence electrons. The van der Waals surface area contributed by atoms with Crippen LogP contribution in [0.5, 0.6) is 0 Å². The van der Waals surface area contributed by atoms with Crippen LogP contribution >= 0.6 is 0 Å². The SMILES string of the molecule is CCC1CC(c2cccnc2)C(=O)c2ccccc21. The minimum Gasteiger partial charge on any atom is -0.293 e. The number of fused-ring (bicyclic) bond motifs is 1. The van der Waals surface area contributed by atoms with Crippen molar-refractivity contribution in [3.05, 3.63) is 65.5 Å². The van der Waals surface area contributed by atoms with Gasteiger partial charge in [0.2, 0.25) is 0 Å². The smallest absolute Gasteiger partial charge is 0.170 e. The summed E-state index contributed by atoms with van der Waals surface area (Å²) in [4.78, 5) is 16.8. The maximum atomic E-state index is 12.7. The Kier molecular flexibility index (Phi) is 3.16. The topological polar surface area (TPSA) is 30.0 Å². The molecule has 0 saturated carbocycles. The Labute approximate surface area is 113 Å². The summed E-state index contributed by atoms with van der Waals surface area (Å²) < 4.78 is 0. The number of benzene rings is 1. The molecule has 0 amide bonds. The summed E-state index contributed by atoms with van der Waals surface area (Å²) in [6, 6.07) is 12.0. The van der Waals surface area contributed by atoms with E-state index >= 15 is 0 Å². The van der Waals surface area contributed by atoms with Gasteiger partial charge in [0.15, 0.2) is 5.78 Å². The van der Waals surface area contributed by atoms with Crippen LogP contribution in [-0.2, 0) is 0 Å². The monoisotopic (exact) mass is 251 g/mol. The van der Waals surface area contributed by atoms with Gasteiger partial charge in [-0.3, -0.25) is 9.78 Å². The third kappa shape index (κ3) is 2.07. The molecule has 3 rings (SSSR count). The van der Waals surface area contributed by atoms with Crippen molar-refractivity contribution in [1.29, 1.82) is 0 Å². The zero-order valence-corrected chi connectivity index (χ0v) is 11.0. The largest absolute Gasteiger partial charge is 0.293 e. The fraction of sp³-hybridized carbons (Fsp3) is 0.294. The number of aromatic nitrogens is 1. The zero-order chi connectivity index (χ0) is 13.2. The summed E-state index contributed by atoms with van der Waals surface area (Å²) >= 11 is 0. The third-order valence-electron chi connectivity index (χ3n) is 4.08. The fourth-order valence-electron chi connectivity index (χ4n) is 3.04. The van der Waals surface area contributed by atoms with E-state index in [0.29, 0.717) is 5.92 Å². The van der Waals surface area contributed by atoms with Crippen LogP contribution in [-0.4, -0.2) is 10.8 Å². The molecular weight excluding hydrogens is 234 g/mol. The molecule has 1 heterocycles. The quantitative estimate of drug-likeness (QED) is 0.809. The first-order chi connectivity index (χ1) is 9.31. The number of hydrogen-bond donors (Lipinski definition) is 0. The van der Waals surface area contributed by atoms with E-state index in [9.17, 15) is 4.79 Å². The van der Waals surface area contributed by atoms with Gasteiger partial charge in [-0.1, -0.05) is 37.3 Å². The van der Waals surface area contributed by atoms with Crippen LogP contribution in [0.1, 0.15) is 53.1 Å². The molecule has 0 radical (unpaired) electrons. The van der Waals surface area contributed by atoms with Gasteiger partial charge in [0.1, 0.15) is 0 Å². The van der Waals surface area contributed by atoms with E-state index in [0.717, 1.165) is 24.0 Å². The predicted molar refractivity (Wildman–Crippen MR) is 75.4 cm³/mol. The second-order valence-electron chi connectivity index (χ2n) is 5.13. The van der Waals surface area contributed by atoms with E-state index in [1.165, 1.54) is 5.56 Å². The van der Waals surface area contributed by atoms with E-state index in [1.54, 1.807) is 6.20 Å². The second-order valence-corrected chi connectivity index (χ2v) is 5.13. The van der Waals surface area contributed by atoms with E-state index in [-0.39, 0.29) is 11.7 Å². The van der Waals surface area contributed by atoms with E-state index in [4.69, 9.17) is 0 Å². The van der Waals surface area contributed by atoms with E-state index in [1.807, 2.05) is 36.5 Å². The number of carbonyl (C=O) groups is 1. The van der Waals surface area contributed by atoms with Crippen molar-refractivity contribution in [2.45, 2.75) is 31.6 Å². The Bertz CT molecular complexity index is 591. The van der Waals surface area contributed by atoms with Crippen LogP contribution < -0.4 is 0 Å². The molecule has 2 unspecified atom stereocenters. The Morgan fingerprint density at radius 3 is 2.79 bits per heavy atom. The van der Waals surface area contributed by atoms with Crippen LogP contribution in [0.2, 0.25) is 0 Å². The second kappa shape index (κ2) is 4.96. The van der Waals surface area contributed by atoms with Crippen LogP contribution in [0.3, 0.4) is 0 Å². The molecule has 2 aromatic rings. The van der Waals surface area contributed by atoms with Crippen molar-refractivity contribution in [3.8, 4) is 0 Å². The standard InChI is InChI=1S/C17H17NO/c1-2-12-10-16(13-6-5-9-18-11-13)17(19)15-8-4-3-7-14(12)15/h3-9,11-12,16H,2,10H2,1H3. The molecule has 2 nitrogen and oxygen atoms in total. The van der Waals surface area contributed by atoms with Gasteiger partial charge in [-0.05, 0) is 36.0 Å². The number of Topliss-reactive ketones (excluding diaryl/α,β-unsaturated/α-hetero) is 1. The Morgan fingerprint density at radius 2 is 2.05 bits per heavy atom. The van der Waals surface area contributed by atoms with Crippen molar-refractivity contribution in [2.75, 3.05) is 0 Å². The molecule has 0 N–H and O–H groups in total. The number of hydrogen-bond acceptors (Lipinski definition) is 2. The fourth-order valence-corrected chi connectivity index (χ4v) is 3.04. The van der Waals surface area contributed by atoms with Crippen LogP contribution in [0.25, 0.3) is 0 Å². The highest BCUT2D eigenvalue weighted by atomic mass is 16.1. The summed E-state index contributed by atoms with van der Waals surface area (Å²) in [7, 11) is 0. The molecule has 0 spiro atoms.